The van der Waals surface area contributed by atoms with E-state index in [9.17, 15) is 19.8 Å². The number of rotatable bonds is 13. The summed E-state index contributed by atoms with van der Waals surface area (Å²) in [5.41, 5.74) is -4.45. The normalized spacial score (nSPS) is 15.1. The molecule has 3 atom stereocenters. The van der Waals surface area contributed by atoms with E-state index in [4.69, 9.17) is 18.5 Å². The molecule has 14 heteroatoms. The van der Waals surface area contributed by atoms with Gasteiger partial charge in [0.2, 0.25) is 17.4 Å². The van der Waals surface area contributed by atoms with E-state index in [2.05, 4.69) is 30.9 Å². The fourth-order valence-corrected chi connectivity index (χ4v) is 5.33. The molecule has 0 spiro atoms. The molecule has 0 aliphatic heterocycles. The summed E-state index contributed by atoms with van der Waals surface area (Å²) in [7, 11) is 0. The van der Waals surface area contributed by atoms with Gasteiger partial charge in [0.25, 0.3) is 11.8 Å². The summed E-state index contributed by atoms with van der Waals surface area (Å²) < 4.78 is 22.2. The number of carbonyl (C=O) groups excluding carboxylic acids is 2. The number of carbonyl (C=O) groups is 2. The van der Waals surface area contributed by atoms with Crippen molar-refractivity contribution < 1.29 is 38.3 Å². The smallest absolute Gasteiger partial charge is 0.410 e. The van der Waals surface area contributed by atoms with Crippen molar-refractivity contribution in [2.45, 2.75) is 103 Å². The summed E-state index contributed by atoms with van der Waals surface area (Å²) in [6, 6.07) is 18.1. The van der Waals surface area contributed by atoms with Crippen molar-refractivity contribution in [3.8, 4) is 22.8 Å². The van der Waals surface area contributed by atoms with Crippen LogP contribution in [0.15, 0.2) is 69.7 Å². The third-order valence-corrected chi connectivity index (χ3v) is 7.45. The molecule has 258 valence electrons. The molecule has 0 bridgehead atoms. The molecule has 2 amide bonds. The number of alkyl carbamates (subject to hydrolysis) is 2. The van der Waals surface area contributed by atoms with E-state index in [0.717, 1.165) is 0 Å². The van der Waals surface area contributed by atoms with Gasteiger partial charge in [0.15, 0.2) is 6.10 Å². The summed E-state index contributed by atoms with van der Waals surface area (Å²) in [6.45, 7) is 11.9. The zero-order valence-corrected chi connectivity index (χ0v) is 28.3. The van der Waals surface area contributed by atoms with Crippen LogP contribution in [-0.2, 0) is 15.2 Å². The molecule has 0 saturated carbocycles. The van der Waals surface area contributed by atoms with Crippen LogP contribution >= 0.6 is 0 Å². The Morgan fingerprint density at radius 2 is 1.35 bits per heavy atom. The molecule has 0 aliphatic carbocycles. The number of aromatic nitrogens is 4. The van der Waals surface area contributed by atoms with E-state index in [1.165, 1.54) is 0 Å². The molecule has 4 rings (SSSR count). The molecule has 4 aromatic rings. The highest BCUT2D eigenvalue weighted by Gasteiger charge is 2.48. The number of aliphatic hydroxyl groups is 2. The standard InChI is InChI=1S/C34H44N6O8/c1-8-20-34(44,28-36-26(40-48-28)23-18-14-11-15-19-23)38-30(43)46-32(6,7)21-33(9-2,37-29(42)45-31(3,4)5)24(41)27-35-25(39-47-27)22-16-12-10-13-17-22/h10-19,24,41,44H,8-9,20-21H2,1-7H3,(H,37,42)(H,38,43)/t24-,33?,34+/m1/s1. The lowest BCUT2D eigenvalue weighted by Crippen LogP contribution is -2.58. The minimum atomic E-state index is -2.05. The van der Waals surface area contributed by atoms with Crippen LogP contribution in [0.2, 0.25) is 0 Å². The van der Waals surface area contributed by atoms with Crippen LogP contribution in [0.25, 0.3) is 22.8 Å². The van der Waals surface area contributed by atoms with Gasteiger partial charge in [-0.3, -0.25) is 5.32 Å². The van der Waals surface area contributed by atoms with Gasteiger partial charge in [-0.15, -0.1) is 0 Å². The van der Waals surface area contributed by atoms with Gasteiger partial charge in [-0.25, -0.2) is 9.59 Å². The third kappa shape index (κ3) is 8.95. The molecular formula is C34H44N6O8. The Balaban J connectivity index is 1.58. The van der Waals surface area contributed by atoms with E-state index in [1.807, 2.05) is 43.3 Å². The lowest BCUT2D eigenvalue weighted by atomic mass is 9.79. The predicted octanol–water partition coefficient (Wildman–Crippen LogP) is 6.03. The highest BCUT2D eigenvalue weighted by molar-refractivity contribution is 5.70. The molecule has 0 saturated heterocycles. The molecule has 0 radical (unpaired) electrons. The van der Waals surface area contributed by atoms with Crippen LogP contribution in [0, 0.1) is 0 Å². The minimum Gasteiger partial charge on any atom is -0.444 e. The first kappa shape index (κ1) is 36.0. The molecule has 2 heterocycles. The van der Waals surface area contributed by atoms with E-state index >= 15 is 0 Å². The van der Waals surface area contributed by atoms with Gasteiger partial charge in [0.1, 0.15) is 11.2 Å². The van der Waals surface area contributed by atoms with Gasteiger partial charge in [-0.2, -0.15) is 9.97 Å². The van der Waals surface area contributed by atoms with Crippen LogP contribution in [0.3, 0.4) is 0 Å². The number of benzene rings is 2. The summed E-state index contributed by atoms with van der Waals surface area (Å²) in [5.74, 6) is 0.110. The number of amides is 2. The van der Waals surface area contributed by atoms with Gasteiger partial charge >= 0.3 is 12.2 Å². The predicted molar refractivity (Wildman–Crippen MR) is 174 cm³/mol. The molecule has 2 aromatic carbocycles. The van der Waals surface area contributed by atoms with Gasteiger partial charge in [0.05, 0.1) is 5.54 Å². The van der Waals surface area contributed by atoms with Gasteiger partial charge < -0.3 is 34.0 Å². The maximum atomic E-state index is 13.4. The first-order chi connectivity index (χ1) is 22.6. The van der Waals surface area contributed by atoms with Crippen molar-refractivity contribution in [3.05, 3.63) is 72.4 Å². The highest BCUT2D eigenvalue weighted by atomic mass is 16.6. The number of nitrogens with one attached hydrogen (secondary N) is 2. The fraction of sp³-hybridized carbons (Fsp3) is 0.471. The third-order valence-electron chi connectivity index (χ3n) is 7.45. The number of hydrogen-bond donors (Lipinski definition) is 4. The first-order valence-corrected chi connectivity index (χ1v) is 15.8. The summed E-state index contributed by atoms with van der Waals surface area (Å²) in [6.07, 6.45) is -2.88. The number of nitrogens with zero attached hydrogens (tertiary/aromatic N) is 4. The summed E-state index contributed by atoms with van der Waals surface area (Å²) >= 11 is 0. The Kier molecular flexibility index (Phi) is 10.9. The van der Waals surface area contributed by atoms with Crippen LogP contribution in [-0.4, -0.2) is 59.4 Å². The van der Waals surface area contributed by atoms with Gasteiger partial charge in [0, 0.05) is 24.0 Å². The van der Waals surface area contributed by atoms with Crippen LogP contribution in [0.4, 0.5) is 9.59 Å². The topological polar surface area (TPSA) is 195 Å². The molecule has 2 aromatic heterocycles. The monoisotopic (exact) mass is 664 g/mol. The second kappa shape index (κ2) is 14.5. The second-order valence-electron chi connectivity index (χ2n) is 13.2. The molecule has 14 nitrogen and oxygen atoms in total. The van der Waals surface area contributed by atoms with Crippen molar-refractivity contribution in [2.75, 3.05) is 0 Å². The van der Waals surface area contributed by atoms with E-state index < -0.39 is 40.8 Å². The van der Waals surface area contributed by atoms with Crippen molar-refractivity contribution >= 4 is 12.2 Å². The zero-order valence-electron chi connectivity index (χ0n) is 28.3. The number of hydrogen-bond acceptors (Lipinski definition) is 12. The first-order valence-electron chi connectivity index (χ1n) is 15.8. The maximum absolute atomic E-state index is 13.4. The van der Waals surface area contributed by atoms with Crippen LogP contribution < -0.4 is 10.6 Å². The lowest BCUT2D eigenvalue weighted by Gasteiger charge is -2.42. The number of ether oxygens (including phenoxy) is 2. The largest absolute Gasteiger partial charge is 0.444 e. The molecule has 4 N–H and O–H groups in total. The molecular weight excluding hydrogens is 620 g/mol. The quantitative estimate of drug-likeness (QED) is 0.121. The van der Waals surface area contributed by atoms with Gasteiger partial charge in [-0.1, -0.05) is 91.2 Å². The summed E-state index contributed by atoms with van der Waals surface area (Å²) in [5, 5.41) is 36.5. The summed E-state index contributed by atoms with van der Waals surface area (Å²) in [4.78, 5) is 35.2. The minimum absolute atomic E-state index is 0.0394. The van der Waals surface area contributed by atoms with Crippen LogP contribution in [0.1, 0.15) is 92.0 Å². The van der Waals surface area contributed by atoms with Crippen LogP contribution in [0.5, 0.6) is 0 Å². The molecule has 0 aliphatic rings. The Bertz CT molecular complexity index is 1650. The Morgan fingerprint density at radius 1 is 0.812 bits per heavy atom. The van der Waals surface area contributed by atoms with Crippen molar-refractivity contribution in [3.63, 3.8) is 0 Å². The molecule has 1 unspecified atom stereocenters. The van der Waals surface area contributed by atoms with Crippen molar-refractivity contribution in [2.24, 2.45) is 0 Å². The Morgan fingerprint density at radius 3 is 1.90 bits per heavy atom. The Labute approximate surface area is 279 Å². The van der Waals surface area contributed by atoms with Crippen molar-refractivity contribution in [1.29, 1.82) is 0 Å². The van der Waals surface area contributed by atoms with Crippen molar-refractivity contribution in [1.82, 2.24) is 30.9 Å². The maximum Gasteiger partial charge on any atom is 0.410 e. The van der Waals surface area contributed by atoms with E-state index in [-0.39, 0.29) is 42.7 Å². The fourth-order valence-electron chi connectivity index (χ4n) is 5.33. The second-order valence-corrected chi connectivity index (χ2v) is 13.2. The number of aliphatic hydroxyl groups excluding tert-OH is 1. The lowest BCUT2D eigenvalue weighted by molar-refractivity contribution is -0.0643. The Hall–Kier alpha value is -4.82. The molecule has 0 fully saturated rings. The average Bonchev–Trinajstić information content (AvgIpc) is 3.71. The highest BCUT2D eigenvalue weighted by Crippen LogP contribution is 2.38. The molecule has 48 heavy (non-hydrogen) atoms. The zero-order chi connectivity index (χ0) is 35.2. The van der Waals surface area contributed by atoms with E-state index in [1.54, 1.807) is 65.8 Å². The average molecular weight is 665 g/mol. The SMILES string of the molecule is CCC[C@@](O)(NC(=O)OC(C)(C)CC(CC)(NC(=O)OC(C)(C)C)[C@H](O)c1nc(-c2ccccc2)no1)c1nc(-c2ccccc2)no1. The van der Waals surface area contributed by atoms with E-state index in [0.29, 0.717) is 17.5 Å². The van der Waals surface area contributed by atoms with Gasteiger partial charge in [-0.05, 0) is 41.0 Å².